The molecule has 0 amide bonds. The average molecular weight is 374 g/mol. The first-order valence-corrected chi connectivity index (χ1v) is 9.64. The third-order valence-corrected chi connectivity index (χ3v) is 5.90. The first-order chi connectivity index (χ1) is 11.4. The number of likely N-dealkylation sites (N-methyl/N-ethyl adjacent to an activating group) is 1. The molecular weight excluding hydrogens is 358 g/mol. The molecule has 6 nitrogen and oxygen atoms in total. The lowest BCUT2D eigenvalue weighted by Gasteiger charge is -2.26. The molecule has 0 aliphatic carbocycles. The van der Waals surface area contributed by atoms with Crippen LogP contribution in [0, 0.1) is 11.6 Å². The lowest BCUT2D eigenvalue weighted by atomic mass is 10.2. The summed E-state index contributed by atoms with van der Waals surface area (Å²) >= 11 is 1.17. The van der Waals surface area contributed by atoms with Crippen molar-refractivity contribution in [3.05, 3.63) is 34.7 Å². The minimum atomic E-state index is -4.39. The molecule has 2 heterocycles. The molecule has 1 aliphatic rings. The summed E-state index contributed by atoms with van der Waals surface area (Å²) < 4.78 is 55.3. The zero-order valence-corrected chi connectivity index (χ0v) is 14.4. The second kappa shape index (κ2) is 6.61. The van der Waals surface area contributed by atoms with Crippen LogP contribution in [0.15, 0.2) is 27.9 Å². The topological polar surface area (TPSA) is 74.3 Å². The Morgan fingerprint density at radius 1 is 1.38 bits per heavy atom. The van der Waals surface area contributed by atoms with Crippen LogP contribution in [0.5, 0.6) is 0 Å². The van der Waals surface area contributed by atoms with E-state index in [2.05, 4.69) is 15.0 Å². The van der Waals surface area contributed by atoms with E-state index >= 15 is 0 Å². The highest BCUT2D eigenvalue weighted by Crippen LogP contribution is 2.28. The summed E-state index contributed by atoms with van der Waals surface area (Å²) in [4.78, 5) is 4.50. The molecule has 0 saturated carbocycles. The Hall–Kier alpha value is -1.78. The van der Waals surface area contributed by atoms with E-state index in [1.165, 1.54) is 22.2 Å². The van der Waals surface area contributed by atoms with E-state index in [0.29, 0.717) is 12.2 Å². The lowest BCUT2D eigenvalue weighted by molar-refractivity contribution is 0.519. The van der Waals surface area contributed by atoms with Gasteiger partial charge in [-0.25, -0.2) is 22.2 Å². The van der Waals surface area contributed by atoms with Crippen molar-refractivity contribution in [2.75, 3.05) is 29.8 Å². The predicted octanol–water partition coefficient (Wildman–Crippen LogP) is 2.02. The van der Waals surface area contributed by atoms with Crippen LogP contribution < -0.4 is 14.9 Å². The SMILES string of the molecule is CN(c1cc(F)c(S(=O)(=O)Nc2cscn2)c(F)c1)C1CCNC1. The Kier molecular flexibility index (Phi) is 4.70. The van der Waals surface area contributed by atoms with Crippen molar-refractivity contribution in [1.29, 1.82) is 0 Å². The van der Waals surface area contributed by atoms with Crippen molar-refractivity contribution in [3.63, 3.8) is 0 Å². The van der Waals surface area contributed by atoms with Crippen molar-refractivity contribution in [3.8, 4) is 0 Å². The largest absolute Gasteiger partial charge is 0.370 e. The molecule has 1 fully saturated rings. The van der Waals surface area contributed by atoms with E-state index in [-0.39, 0.29) is 11.9 Å². The smallest absolute Gasteiger partial charge is 0.268 e. The van der Waals surface area contributed by atoms with Crippen LogP contribution in [0.1, 0.15) is 6.42 Å². The minimum absolute atomic E-state index is 0.0250. The number of thiazole rings is 1. The molecule has 1 atom stereocenters. The fourth-order valence-electron chi connectivity index (χ4n) is 2.64. The summed E-state index contributed by atoms with van der Waals surface area (Å²) in [6.07, 6.45) is 0.852. The Bertz CT molecular complexity index is 798. The van der Waals surface area contributed by atoms with Gasteiger partial charge in [0.05, 0.1) is 5.51 Å². The van der Waals surface area contributed by atoms with Gasteiger partial charge in [0.2, 0.25) is 0 Å². The van der Waals surface area contributed by atoms with Gasteiger partial charge >= 0.3 is 0 Å². The van der Waals surface area contributed by atoms with Gasteiger partial charge in [-0.3, -0.25) is 4.72 Å². The highest BCUT2D eigenvalue weighted by atomic mass is 32.2. The van der Waals surface area contributed by atoms with Gasteiger partial charge in [-0.05, 0) is 25.1 Å². The normalized spacial score (nSPS) is 17.9. The van der Waals surface area contributed by atoms with E-state index in [1.54, 1.807) is 11.9 Å². The van der Waals surface area contributed by atoms with Crippen molar-refractivity contribution in [2.45, 2.75) is 17.4 Å². The number of aromatic nitrogens is 1. The maximum Gasteiger partial charge on any atom is 0.268 e. The van der Waals surface area contributed by atoms with Crippen LogP contribution in [-0.4, -0.2) is 39.6 Å². The zero-order valence-electron chi connectivity index (χ0n) is 12.8. The molecule has 3 rings (SSSR count). The Labute approximate surface area is 142 Å². The van der Waals surface area contributed by atoms with Gasteiger partial charge in [-0.15, -0.1) is 11.3 Å². The molecule has 10 heteroatoms. The first-order valence-electron chi connectivity index (χ1n) is 7.22. The summed E-state index contributed by atoms with van der Waals surface area (Å²) in [5, 5.41) is 4.60. The van der Waals surface area contributed by atoms with E-state index in [0.717, 1.165) is 25.1 Å². The molecule has 130 valence electrons. The molecule has 0 radical (unpaired) electrons. The highest BCUT2D eigenvalue weighted by molar-refractivity contribution is 7.92. The molecule has 2 aromatic rings. The van der Waals surface area contributed by atoms with Gasteiger partial charge < -0.3 is 10.2 Å². The van der Waals surface area contributed by atoms with Gasteiger partial charge in [0.15, 0.2) is 10.7 Å². The van der Waals surface area contributed by atoms with E-state index in [4.69, 9.17) is 0 Å². The number of anilines is 2. The molecule has 24 heavy (non-hydrogen) atoms. The van der Waals surface area contributed by atoms with E-state index in [9.17, 15) is 17.2 Å². The van der Waals surface area contributed by atoms with Crippen molar-refractivity contribution < 1.29 is 17.2 Å². The zero-order chi connectivity index (χ0) is 17.3. The molecule has 1 aromatic carbocycles. The maximum absolute atomic E-state index is 14.4. The summed E-state index contributed by atoms with van der Waals surface area (Å²) in [5.41, 5.74) is 1.71. The van der Waals surface area contributed by atoms with Crippen LogP contribution in [0.4, 0.5) is 20.3 Å². The van der Waals surface area contributed by atoms with Crippen LogP contribution in [0.2, 0.25) is 0 Å². The van der Waals surface area contributed by atoms with E-state index < -0.39 is 26.6 Å². The van der Waals surface area contributed by atoms with Crippen LogP contribution in [0.3, 0.4) is 0 Å². The standard InChI is InChI=1S/C14H16F2N4O2S2/c1-20(9-2-3-17-6-9)10-4-11(15)14(12(16)5-10)24(21,22)19-13-7-23-8-18-13/h4-5,7-9,17,19H,2-3,6H2,1H3. The van der Waals surface area contributed by atoms with Gasteiger partial charge in [-0.2, -0.15) is 0 Å². The second-order valence-corrected chi connectivity index (χ2v) is 7.81. The van der Waals surface area contributed by atoms with E-state index in [1.807, 2.05) is 0 Å². The Morgan fingerprint density at radius 2 is 2.08 bits per heavy atom. The molecule has 1 unspecified atom stereocenters. The average Bonchev–Trinajstić information content (AvgIpc) is 3.17. The van der Waals surface area contributed by atoms with Gasteiger partial charge in [0.1, 0.15) is 11.6 Å². The second-order valence-electron chi connectivity index (χ2n) is 5.48. The minimum Gasteiger partial charge on any atom is -0.370 e. The van der Waals surface area contributed by atoms with Crippen LogP contribution in [-0.2, 0) is 10.0 Å². The van der Waals surface area contributed by atoms with Crippen molar-refractivity contribution >= 4 is 32.9 Å². The number of hydrogen-bond donors (Lipinski definition) is 2. The molecule has 2 N–H and O–H groups in total. The molecule has 0 bridgehead atoms. The fourth-order valence-corrected chi connectivity index (χ4v) is 4.32. The van der Waals surface area contributed by atoms with Gasteiger partial charge in [-0.1, -0.05) is 0 Å². The third kappa shape index (κ3) is 3.35. The molecule has 0 spiro atoms. The van der Waals surface area contributed by atoms with Crippen molar-refractivity contribution in [2.24, 2.45) is 0 Å². The fraction of sp³-hybridized carbons (Fsp3) is 0.357. The van der Waals surface area contributed by atoms with Gasteiger partial charge in [0.25, 0.3) is 10.0 Å². The third-order valence-electron chi connectivity index (χ3n) is 3.91. The quantitative estimate of drug-likeness (QED) is 0.838. The van der Waals surface area contributed by atoms with Crippen LogP contribution >= 0.6 is 11.3 Å². The summed E-state index contributed by atoms with van der Waals surface area (Å²) in [6.45, 7) is 1.55. The number of benzene rings is 1. The number of halogens is 2. The van der Waals surface area contributed by atoms with Crippen LogP contribution in [0.25, 0.3) is 0 Å². The number of rotatable bonds is 5. The van der Waals surface area contributed by atoms with Crippen molar-refractivity contribution in [1.82, 2.24) is 10.3 Å². The summed E-state index contributed by atoms with van der Waals surface area (Å²) in [6, 6.07) is 2.19. The molecule has 1 aliphatic heterocycles. The first kappa shape index (κ1) is 17.1. The number of nitrogens with one attached hydrogen (secondary N) is 2. The maximum atomic E-state index is 14.4. The number of sulfonamides is 1. The number of nitrogens with zero attached hydrogens (tertiary/aromatic N) is 2. The summed E-state index contributed by atoms with van der Waals surface area (Å²) in [5.74, 6) is -2.24. The predicted molar refractivity (Wildman–Crippen MR) is 89.0 cm³/mol. The van der Waals surface area contributed by atoms with Gasteiger partial charge in [0, 0.05) is 30.7 Å². The monoisotopic (exact) mass is 374 g/mol. The molecular formula is C14H16F2N4O2S2. The number of hydrogen-bond acceptors (Lipinski definition) is 6. The summed E-state index contributed by atoms with van der Waals surface area (Å²) in [7, 11) is -2.66. The highest BCUT2D eigenvalue weighted by Gasteiger charge is 2.28. The molecule has 1 saturated heterocycles. The molecule has 1 aromatic heterocycles. The lowest BCUT2D eigenvalue weighted by Crippen LogP contribution is -2.33. The Morgan fingerprint density at radius 3 is 2.62 bits per heavy atom. The Balaban J connectivity index is 1.92.